The first kappa shape index (κ1) is 12.4. The number of amidine groups is 1. The number of nitrogens with zero attached hydrogens (tertiary/aromatic N) is 1. The first-order valence-corrected chi connectivity index (χ1v) is 6.28. The van der Waals surface area contributed by atoms with E-state index in [1.807, 2.05) is 0 Å². The summed E-state index contributed by atoms with van der Waals surface area (Å²) in [5.74, 6) is 0.934. The molecule has 0 atom stereocenters. The van der Waals surface area contributed by atoms with Crippen LogP contribution in [0.2, 0.25) is 0 Å². The Hall–Kier alpha value is -1.01. The van der Waals surface area contributed by atoms with E-state index in [0.29, 0.717) is 5.69 Å². The molecular weight excluding hydrogens is 268 g/mol. The molecule has 1 aliphatic rings. The van der Waals surface area contributed by atoms with Crippen molar-refractivity contribution in [1.29, 1.82) is 0 Å². The molecule has 0 saturated heterocycles. The predicted octanol–water partition coefficient (Wildman–Crippen LogP) is 2.99. The topological polar surface area (TPSA) is 36.4 Å². The maximum absolute atomic E-state index is 12.9. The lowest BCUT2D eigenvalue weighted by Crippen LogP contribution is -2.26. The fourth-order valence-electron chi connectivity index (χ4n) is 1.31. The maximum Gasteiger partial charge on any atom is 0.348 e. The fourth-order valence-corrected chi connectivity index (χ4v) is 2.11. The number of hydrogen-bond acceptors (Lipinski definition) is 4. The van der Waals surface area contributed by atoms with Gasteiger partial charge in [-0.05, 0) is 23.7 Å². The lowest BCUT2D eigenvalue weighted by atomic mass is 10.2. The van der Waals surface area contributed by atoms with Crippen molar-refractivity contribution in [2.45, 2.75) is 5.38 Å². The summed E-state index contributed by atoms with van der Waals surface area (Å²) in [5.41, 5.74) is 5.93. The van der Waals surface area contributed by atoms with Crippen molar-refractivity contribution >= 4 is 34.2 Å². The van der Waals surface area contributed by atoms with Crippen LogP contribution in [0.5, 0.6) is 0 Å². The lowest BCUT2D eigenvalue weighted by molar-refractivity contribution is 0.0952. The van der Waals surface area contributed by atoms with E-state index < -0.39 is 5.38 Å². The Balaban J connectivity index is 2.01. The third-order valence-electron chi connectivity index (χ3n) is 2.09. The SMILES string of the molecule is FC(F)(Cl)c1cccc(NNC2=NCCS2)c1. The van der Waals surface area contributed by atoms with Crippen LogP contribution in [-0.4, -0.2) is 17.5 Å². The molecule has 0 bridgehead atoms. The highest BCUT2D eigenvalue weighted by Gasteiger charge is 2.27. The van der Waals surface area contributed by atoms with E-state index >= 15 is 0 Å². The minimum atomic E-state index is -3.35. The van der Waals surface area contributed by atoms with Crippen LogP contribution in [0.4, 0.5) is 14.5 Å². The molecule has 2 N–H and O–H groups in total. The van der Waals surface area contributed by atoms with Crippen LogP contribution >= 0.6 is 23.4 Å². The number of hydrazine groups is 1. The predicted molar refractivity (Wildman–Crippen MR) is 67.7 cm³/mol. The zero-order valence-corrected chi connectivity index (χ0v) is 10.3. The molecule has 2 rings (SSSR count). The normalized spacial score (nSPS) is 15.6. The summed E-state index contributed by atoms with van der Waals surface area (Å²) < 4.78 is 25.7. The molecule has 1 aromatic carbocycles. The van der Waals surface area contributed by atoms with Gasteiger partial charge in [-0.15, -0.1) is 0 Å². The van der Waals surface area contributed by atoms with Crippen molar-refractivity contribution in [2.24, 2.45) is 4.99 Å². The van der Waals surface area contributed by atoms with Crippen molar-refractivity contribution < 1.29 is 8.78 Å². The van der Waals surface area contributed by atoms with E-state index in [2.05, 4.69) is 15.8 Å². The minimum absolute atomic E-state index is 0.244. The number of alkyl halides is 3. The van der Waals surface area contributed by atoms with Crippen LogP contribution in [0.1, 0.15) is 5.56 Å². The van der Waals surface area contributed by atoms with Crippen LogP contribution in [0.3, 0.4) is 0 Å². The van der Waals surface area contributed by atoms with Gasteiger partial charge >= 0.3 is 5.38 Å². The average molecular weight is 278 g/mol. The van der Waals surface area contributed by atoms with E-state index in [1.165, 1.54) is 18.2 Å². The molecule has 0 aliphatic carbocycles. The number of anilines is 1. The zero-order chi connectivity index (χ0) is 12.3. The average Bonchev–Trinajstić information content (AvgIpc) is 2.78. The Morgan fingerprint density at radius 2 is 2.18 bits per heavy atom. The highest BCUT2D eigenvalue weighted by atomic mass is 35.5. The maximum atomic E-state index is 12.9. The second kappa shape index (κ2) is 5.10. The number of thioether (sulfide) groups is 1. The Bertz CT molecular complexity index is 434. The quantitative estimate of drug-likeness (QED) is 0.659. The van der Waals surface area contributed by atoms with Crippen LogP contribution in [-0.2, 0) is 5.38 Å². The molecule has 1 aromatic rings. The summed E-state index contributed by atoms with van der Waals surface area (Å²) in [5, 5.41) is -2.59. The number of halogens is 3. The van der Waals surface area contributed by atoms with Gasteiger partial charge in [0.15, 0.2) is 5.17 Å². The fraction of sp³-hybridized carbons (Fsp3) is 0.300. The van der Waals surface area contributed by atoms with E-state index in [-0.39, 0.29) is 5.56 Å². The van der Waals surface area contributed by atoms with Crippen molar-refractivity contribution in [3.8, 4) is 0 Å². The molecule has 3 nitrogen and oxygen atoms in total. The summed E-state index contributed by atoms with van der Waals surface area (Å²) in [6, 6.07) is 5.75. The Morgan fingerprint density at radius 1 is 1.35 bits per heavy atom. The van der Waals surface area contributed by atoms with Gasteiger partial charge in [0.05, 0.1) is 12.2 Å². The Kier molecular flexibility index (Phi) is 3.73. The standard InChI is InChI=1S/C10H10ClF2N3S/c11-10(12,13)7-2-1-3-8(6-7)15-16-9-14-4-5-17-9/h1-3,6,15H,4-5H2,(H,14,16). The van der Waals surface area contributed by atoms with Crippen molar-refractivity contribution in [3.05, 3.63) is 29.8 Å². The van der Waals surface area contributed by atoms with Gasteiger partial charge in [-0.3, -0.25) is 15.8 Å². The van der Waals surface area contributed by atoms with Crippen molar-refractivity contribution in [1.82, 2.24) is 5.43 Å². The first-order valence-electron chi connectivity index (χ1n) is 4.92. The van der Waals surface area contributed by atoms with Crippen LogP contribution < -0.4 is 10.9 Å². The van der Waals surface area contributed by atoms with E-state index in [0.717, 1.165) is 17.5 Å². The second-order valence-corrected chi connectivity index (χ2v) is 4.92. The van der Waals surface area contributed by atoms with Crippen LogP contribution in [0.15, 0.2) is 29.3 Å². The zero-order valence-electron chi connectivity index (χ0n) is 8.71. The first-order chi connectivity index (χ1) is 8.05. The van der Waals surface area contributed by atoms with E-state index in [1.54, 1.807) is 17.8 Å². The third-order valence-corrected chi connectivity index (χ3v) is 3.20. The molecule has 0 unspecified atom stereocenters. The Labute approximate surface area is 107 Å². The summed E-state index contributed by atoms with van der Waals surface area (Å²) >= 11 is 6.52. The number of aliphatic imine (C=N–C) groups is 1. The monoisotopic (exact) mass is 277 g/mol. The summed E-state index contributed by atoms with van der Waals surface area (Å²) in [6.45, 7) is 0.772. The molecule has 0 radical (unpaired) electrons. The van der Waals surface area contributed by atoms with Crippen molar-refractivity contribution in [2.75, 3.05) is 17.7 Å². The smallest absolute Gasteiger partial charge is 0.299 e. The molecule has 0 spiro atoms. The van der Waals surface area contributed by atoms with Gasteiger partial charge in [-0.25, -0.2) is 0 Å². The molecule has 92 valence electrons. The number of rotatable bonds is 3. The van der Waals surface area contributed by atoms with Crippen molar-refractivity contribution in [3.63, 3.8) is 0 Å². The number of nitrogens with one attached hydrogen (secondary N) is 2. The summed E-state index contributed by atoms with van der Waals surface area (Å²) in [6.07, 6.45) is 0. The van der Waals surface area contributed by atoms with Gasteiger partial charge in [-0.1, -0.05) is 23.9 Å². The largest absolute Gasteiger partial charge is 0.348 e. The molecule has 17 heavy (non-hydrogen) atoms. The van der Waals surface area contributed by atoms with E-state index in [9.17, 15) is 8.78 Å². The lowest BCUT2D eigenvalue weighted by Gasteiger charge is -2.12. The minimum Gasteiger partial charge on any atom is -0.299 e. The molecule has 1 aliphatic heterocycles. The molecule has 7 heteroatoms. The number of benzene rings is 1. The van der Waals surface area contributed by atoms with Gasteiger partial charge in [0, 0.05) is 11.3 Å². The van der Waals surface area contributed by atoms with Gasteiger partial charge in [-0.2, -0.15) is 8.78 Å². The van der Waals surface area contributed by atoms with Crippen LogP contribution in [0, 0.1) is 0 Å². The van der Waals surface area contributed by atoms with Gasteiger partial charge < -0.3 is 0 Å². The third kappa shape index (κ3) is 3.47. The van der Waals surface area contributed by atoms with Gasteiger partial charge in [0.2, 0.25) is 0 Å². The highest BCUT2D eigenvalue weighted by Crippen LogP contribution is 2.33. The highest BCUT2D eigenvalue weighted by molar-refractivity contribution is 8.14. The number of hydrogen-bond donors (Lipinski definition) is 2. The Morgan fingerprint density at radius 3 is 2.82 bits per heavy atom. The van der Waals surface area contributed by atoms with Gasteiger partial charge in [0.25, 0.3) is 0 Å². The molecule has 0 saturated carbocycles. The van der Waals surface area contributed by atoms with Crippen LogP contribution in [0.25, 0.3) is 0 Å². The molecular formula is C10H10ClF2N3S. The summed E-state index contributed by atoms with van der Waals surface area (Å²) in [7, 11) is 0. The molecule has 0 fully saturated rings. The molecule has 0 amide bonds. The van der Waals surface area contributed by atoms with E-state index in [4.69, 9.17) is 11.6 Å². The van der Waals surface area contributed by atoms with Gasteiger partial charge in [0.1, 0.15) is 0 Å². The molecule has 0 aromatic heterocycles. The molecule has 1 heterocycles. The second-order valence-electron chi connectivity index (χ2n) is 3.36. The summed E-state index contributed by atoms with van der Waals surface area (Å²) in [4.78, 5) is 4.15.